The third-order valence-electron chi connectivity index (χ3n) is 5.36. The Hall–Kier alpha value is -1.70. The van der Waals surface area contributed by atoms with Gasteiger partial charge in [0.05, 0.1) is 6.10 Å². The minimum atomic E-state index is -0.307. The number of rotatable bonds is 16. The van der Waals surface area contributed by atoms with Crippen LogP contribution in [0.2, 0.25) is 0 Å². The molecule has 0 aliphatic carbocycles. The lowest BCUT2D eigenvalue weighted by molar-refractivity contribution is 0.163. The highest BCUT2D eigenvalue weighted by Gasteiger charge is 2.05. The first-order valence-electron chi connectivity index (χ1n) is 12.0. The van der Waals surface area contributed by atoms with Crippen molar-refractivity contribution >= 4 is 0 Å². The zero-order chi connectivity index (χ0) is 20.8. The van der Waals surface area contributed by atoms with Crippen LogP contribution in [0.4, 0.5) is 0 Å². The lowest BCUT2D eigenvalue weighted by Crippen LogP contribution is -1.96. The summed E-state index contributed by atoms with van der Waals surface area (Å²) in [4.78, 5) is 0. The lowest BCUT2D eigenvalue weighted by Gasteiger charge is -2.10. The van der Waals surface area contributed by atoms with Crippen molar-refractivity contribution in [2.75, 3.05) is 0 Å². The molecule has 1 unspecified atom stereocenters. The molecule has 0 aliphatic heterocycles. The van der Waals surface area contributed by atoms with Crippen molar-refractivity contribution in [3.8, 4) is 23.7 Å². The Balaban J connectivity index is 1.86. The Bertz CT molecular complexity index is 596. The largest absolute Gasteiger partial charge is 0.388 e. The van der Waals surface area contributed by atoms with Gasteiger partial charge in [-0.15, -0.1) is 0 Å². The van der Waals surface area contributed by atoms with Gasteiger partial charge in [0.25, 0.3) is 0 Å². The van der Waals surface area contributed by atoms with Crippen LogP contribution >= 0.6 is 0 Å². The van der Waals surface area contributed by atoms with Gasteiger partial charge in [0.15, 0.2) is 0 Å². The molecule has 1 aromatic carbocycles. The van der Waals surface area contributed by atoms with Crippen LogP contribution < -0.4 is 0 Å². The number of aliphatic hydroxyl groups is 1. The Morgan fingerprint density at radius 2 is 1.14 bits per heavy atom. The minimum absolute atomic E-state index is 0.307. The maximum atomic E-state index is 10.1. The van der Waals surface area contributed by atoms with Gasteiger partial charge in [0.2, 0.25) is 0 Å². The van der Waals surface area contributed by atoms with Crippen molar-refractivity contribution in [2.45, 2.75) is 116 Å². The fourth-order valence-electron chi connectivity index (χ4n) is 3.48. The first-order valence-corrected chi connectivity index (χ1v) is 12.0. The van der Waals surface area contributed by atoms with Crippen molar-refractivity contribution in [2.24, 2.45) is 0 Å². The molecule has 1 nitrogen and oxygen atoms in total. The maximum Gasteiger partial charge on any atom is 0.0790 e. The van der Waals surface area contributed by atoms with Gasteiger partial charge < -0.3 is 5.11 Å². The highest BCUT2D eigenvalue weighted by Crippen LogP contribution is 2.19. The summed E-state index contributed by atoms with van der Waals surface area (Å²) in [6.45, 7) is 2.26. The Morgan fingerprint density at radius 3 is 1.69 bits per heavy atom. The average molecular weight is 395 g/mol. The second kappa shape index (κ2) is 19.6. The van der Waals surface area contributed by atoms with E-state index in [0.29, 0.717) is 0 Å². The highest BCUT2D eigenvalue weighted by molar-refractivity contribution is 5.25. The molecule has 0 saturated carbocycles. The number of aliphatic hydroxyl groups excluding tert-OH is 1. The van der Waals surface area contributed by atoms with Crippen LogP contribution in [0.3, 0.4) is 0 Å². The molecule has 0 fully saturated rings. The molecule has 0 spiro atoms. The molecule has 1 N–H and O–H groups in total. The quantitative estimate of drug-likeness (QED) is 0.222. The molecule has 0 heterocycles. The number of unbranched alkanes of at least 4 members (excludes halogenated alkanes) is 13. The van der Waals surface area contributed by atoms with E-state index in [-0.39, 0.29) is 6.10 Å². The summed E-state index contributed by atoms with van der Waals surface area (Å²) in [7, 11) is 0. The molecular formula is C28H42O. The monoisotopic (exact) mass is 394 g/mol. The molecule has 1 atom stereocenters. The molecule has 1 aromatic rings. The van der Waals surface area contributed by atoms with Crippen molar-refractivity contribution in [1.82, 2.24) is 0 Å². The summed E-state index contributed by atoms with van der Waals surface area (Å²) in [5.41, 5.74) is 1.04. The van der Waals surface area contributed by atoms with Crippen molar-refractivity contribution in [1.29, 1.82) is 0 Å². The summed E-state index contributed by atoms with van der Waals surface area (Å²) in [6.07, 6.45) is 19.2. The molecule has 0 radical (unpaired) electrons. The fraction of sp³-hybridized carbons (Fsp3) is 0.643. The Labute approximate surface area is 180 Å². The highest BCUT2D eigenvalue weighted by atomic mass is 16.3. The van der Waals surface area contributed by atoms with E-state index in [2.05, 4.69) is 30.6 Å². The third kappa shape index (κ3) is 15.9. The van der Waals surface area contributed by atoms with Gasteiger partial charge in [-0.3, -0.25) is 0 Å². The van der Waals surface area contributed by atoms with E-state index in [1.165, 1.54) is 77.0 Å². The van der Waals surface area contributed by atoms with Crippen LogP contribution in [0.25, 0.3) is 0 Å². The minimum Gasteiger partial charge on any atom is -0.388 e. The maximum absolute atomic E-state index is 10.1. The summed E-state index contributed by atoms with van der Waals surface area (Å²) in [6, 6.07) is 9.98. The van der Waals surface area contributed by atoms with Gasteiger partial charge in [0, 0.05) is 12.8 Å². The van der Waals surface area contributed by atoms with Gasteiger partial charge >= 0.3 is 0 Å². The first-order chi connectivity index (χ1) is 14.3. The molecule has 160 valence electrons. The van der Waals surface area contributed by atoms with Gasteiger partial charge in [-0.2, -0.15) is 0 Å². The van der Waals surface area contributed by atoms with E-state index < -0.39 is 0 Å². The second-order valence-corrected chi connectivity index (χ2v) is 8.06. The molecule has 29 heavy (non-hydrogen) atoms. The van der Waals surface area contributed by atoms with Crippen molar-refractivity contribution in [3.05, 3.63) is 35.9 Å². The zero-order valence-electron chi connectivity index (χ0n) is 18.7. The summed E-state index contributed by atoms with van der Waals surface area (Å²) >= 11 is 0. The molecule has 0 amide bonds. The molecule has 1 heteroatoms. The normalized spacial score (nSPS) is 11.2. The summed E-state index contributed by atoms with van der Waals surface area (Å²) < 4.78 is 0. The standard InChI is InChI=1S/C28H42O/c1-2-3-4-5-6-7-8-9-10-11-12-13-14-15-16-17-18-19-23-26-28(29)27-24-21-20-22-25-27/h20-22,24-25,28-29H,2-9,14-19,23,26H2,1H3. The van der Waals surface area contributed by atoms with E-state index in [1.807, 2.05) is 30.3 Å². The van der Waals surface area contributed by atoms with Gasteiger partial charge in [0.1, 0.15) is 0 Å². The predicted molar refractivity (Wildman–Crippen MR) is 126 cm³/mol. The van der Waals surface area contributed by atoms with E-state index >= 15 is 0 Å². The van der Waals surface area contributed by atoms with Crippen LogP contribution in [0.15, 0.2) is 30.3 Å². The van der Waals surface area contributed by atoms with Crippen LogP contribution in [-0.2, 0) is 0 Å². The van der Waals surface area contributed by atoms with E-state index in [9.17, 15) is 5.11 Å². The fourth-order valence-corrected chi connectivity index (χ4v) is 3.48. The Morgan fingerprint density at radius 1 is 0.655 bits per heavy atom. The van der Waals surface area contributed by atoms with Crippen LogP contribution in [0, 0.1) is 23.7 Å². The SMILES string of the molecule is CCCCCCCCCC#CC#CCCCCCCCCC(O)c1ccccc1. The van der Waals surface area contributed by atoms with Crippen molar-refractivity contribution in [3.63, 3.8) is 0 Å². The van der Waals surface area contributed by atoms with Crippen molar-refractivity contribution < 1.29 is 5.11 Å². The van der Waals surface area contributed by atoms with Crippen LogP contribution in [0.1, 0.15) is 121 Å². The van der Waals surface area contributed by atoms with E-state index in [0.717, 1.165) is 31.2 Å². The topological polar surface area (TPSA) is 20.2 Å². The number of hydrogen-bond acceptors (Lipinski definition) is 1. The number of hydrogen-bond donors (Lipinski definition) is 1. The molecule has 0 aromatic heterocycles. The molecular weight excluding hydrogens is 352 g/mol. The van der Waals surface area contributed by atoms with E-state index in [4.69, 9.17) is 0 Å². The average Bonchev–Trinajstić information content (AvgIpc) is 2.75. The van der Waals surface area contributed by atoms with Gasteiger partial charge in [-0.25, -0.2) is 0 Å². The smallest absolute Gasteiger partial charge is 0.0790 e. The first kappa shape index (κ1) is 25.3. The van der Waals surface area contributed by atoms with Gasteiger partial charge in [-0.1, -0.05) is 120 Å². The second-order valence-electron chi connectivity index (χ2n) is 8.06. The Kier molecular flexibility index (Phi) is 17.1. The summed E-state index contributed by atoms with van der Waals surface area (Å²) in [5, 5.41) is 10.1. The third-order valence-corrected chi connectivity index (χ3v) is 5.36. The number of benzene rings is 1. The van der Waals surface area contributed by atoms with Gasteiger partial charge in [-0.05, 0) is 36.7 Å². The van der Waals surface area contributed by atoms with E-state index in [1.54, 1.807) is 0 Å². The van der Waals surface area contributed by atoms with Crippen LogP contribution in [0.5, 0.6) is 0 Å². The predicted octanol–water partition coefficient (Wildman–Crippen LogP) is 7.99. The lowest BCUT2D eigenvalue weighted by atomic mass is 10.0. The molecule has 0 aliphatic rings. The van der Waals surface area contributed by atoms with Crippen LogP contribution in [-0.4, -0.2) is 5.11 Å². The molecule has 1 rings (SSSR count). The molecule has 0 saturated heterocycles. The summed E-state index contributed by atoms with van der Waals surface area (Å²) in [5.74, 6) is 12.4. The molecule has 0 bridgehead atoms. The zero-order valence-corrected chi connectivity index (χ0v) is 18.7.